The molecule has 2 aromatic rings. The second-order valence-corrected chi connectivity index (χ2v) is 11.5. The lowest BCUT2D eigenvalue weighted by molar-refractivity contribution is -0.330. The van der Waals surface area contributed by atoms with Crippen molar-refractivity contribution in [3.8, 4) is 0 Å². The number of rotatable bonds is 8. The number of nitrogens with two attached hydrogens (primary N) is 1. The number of amides is 1. The SMILES string of the molecule is CC(CC(C)(C)ON1C(C)(C)CCCC1(C)C)c1cncc(C(=O)NCc2ccnc(N)c2)c1. The first-order valence-electron chi connectivity index (χ1n) is 12.2. The first-order valence-corrected chi connectivity index (χ1v) is 12.2. The Kier molecular flexibility index (Phi) is 7.68. The van der Waals surface area contributed by atoms with Crippen molar-refractivity contribution < 1.29 is 9.63 Å². The van der Waals surface area contributed by atoms with Crippen molar-refractivity contribution >= 4 is 11.7 Å². The molecule has 1 fully saturated rings. The fourth-order valence-corrected chi connectivity index (χ4v) is 5.10. The molecule has 0 radical (unpaired) electrons. The summed E-state index contributed by atoms with van der Waals surface area (Å²) in [5.41, 5.74) is 7.80. The summed E-state index contributed by atoms with van der Waals surface area (Å²) in [4.78, 5) is 27.8. The van der Waals surface area contributed by atoms with Gasteiger partial charge in [0.1, 0.15) is 5.82 Å². The number of pyridine rings is 2. The molecule has 34 heavy (non-hydrogen) atoms. The zero-order valence-electron chi connectivity index (χ0n) is 21.8. The highest BCUT2D eigenvalue weighted by molar-refractivity contribution is 5.94. The van der Waals surface area contributed by atoms with Gasteiger partial charge < -0.3 is 11.1 Å². The molecule has 0 spiro atoms. The summed E-state index contributed by atoms with van der Waals surface area (Å²) in [5.74, 6) is 0.445. The van der Waals surface area contributed by atoms with E-state index in [4.69, 9.17) is 10.6 Å². The van der Waals surface area contributed by atoms with E-state index in [0.717, 1.165) is 30.4 Å². The molecule has 3 N–H and O–H groups in total. The van der Waals surface area contributed by atoms with Crippen LogP contribution in [0, 0.1) is 0 Å². The van der Waals surface area contributed by atoms with Gasteiger partial charge in [-0.3, -0.25) is 14.6 Å². The van der Waals surface area contributed by atoms with Crippen molar-refractivity contribution in [3.05, 3.63) is 53.5 Å². The zero-order chi connectivity index (χ0) is 25.1. The van der Waals surface area contributed by atoms with E-state index in [2.05, 4.69) is 68.8 Å². The van der Waals surface area contributed by atoms with Crippen LogP contribution in [0.2, 0.25) is 0 Å². The van der Waals surface area contributed by atoms with Gasteiger partial charge in [-0.2, -0.15) is 5.06 Å². The third-order valence-corrected chi connectivity index (χ3v) is 6.70. The molecule has 1 saturated heterocycles. The predicted molar refractivity (Wildman–Crippen MR) is 136 cm³/mol. The van der Waals surface area contributed by atoms with E-state index < -0.39 is 0 Å². The predicted octanol–water partition coefficient (Wildman–Crippen LogP) is 5.24. The number of carbonyl (C=O) groups is 1. The number of hydroxylamine groups is 2. The van der Waals surface area contributed by atoms with Crippen molar-refractivity contribution in [1.82, 2.24) is 20.3 Å². The smallest absolute Gasteiger partial charge is 0.253 e. The van der Waals surface area contributed by atoms with Crippen molar-refractivity contribution in [2.45, 2.75) is 103 Å². The molecule has 1 amide bonds. The molecule has 186 valence electrons. The van der Waals surface area contributed by atoms with Crippen LogP contribution in [-0.4, -0.2) is 37.6 Å². The largest absolute Gasteiger partial charge is 0.384 e. The van der Waals surface area contributed by atoms with Crippen molar-refractivity contribution in [1.29, 1.82) is 0 Å². The number of nitrogens with one attached hydrogen (secondary N) is 1. The van der Waals surface area contributed by atoms with E-state index in [-0.39, 0.29) is 28.5 Å². The van der Waals surface area contributed by atoms with E-state index in [1.54, 1.807) is 18.5 Å². The van der Waals surface area contributed by atoms with Crippen LogP contribution in [0.15, 0.2) is 36.8 Å². The highest BCUT2D eigenvalue weighted by Gasteiger charge is 2.45. The molecular formula is C27H41N5O2. The van der Waals surface area contributed by atoms with E-state index in [1.807, 2.05) is 18.3 Å². The Bertz CT molecular complexity index is 986. The van der Waals surface area contributed by atoms with Gasteiger partial charge in [0.05, 0.1) is 11.2 Å². The normalized spacial score (nSPS) is 18.9. The van der Waals surface area contributed by atoms with E-state index in [9.17, 15) is 4.79 Å². The highest BCUT2D eigenvalue weighted by atomic mass is 16.7. The summed E-state index contributed by atoms with van der Waals surface area (Å²) >= 11 is 0. The minimum Gasteiger partial charge on any atom is -0.384 e. The van der Waals surface area contributed by atoms with Crippen LogP contribution in [0.25, 0.3) is 0 Å². The molecule has 0 saturated carbocycles. The lowest BCUT2D eigenvalue weighted by Gasteiger charge is -2.54. The average Bonchev–Trinajstić information content (AvgIpc) is 2.74. The van der Waals surface area contributed by atoms with E-state index in [0.29, 0.717) is 17.9 Å². The maximum absolute atomic E-state index is 12.7. The molecule has 7 heteroatoms. The maximum atomic E-state index is 12.7. The number of piperidine rings is 1. The van der Waals surface area contributed by atoms with Crippen molar-refractivity contribution in [2.24, 2.45) is 0 Å². The molecule has 0 bridgehead atoms. The van der Waals surface area contributed by atoms with Crippen LogP contribution >= 0.6 is 0 Å². The number of nitrogens with zero attached hydrogens (tertiary/aromatic N) is 3. The number of nitrogen functional groups attached to an aromatic ring is 1. The summed E-state index contributed by atoms with van der Waals surface area (Å²) in [6, 6.07) is 5.52. The summed E-state index contributed by atoms with van der Waals surface area (Å²) in [6.07, 6.45) is 9.34. The average molecular weight is 468 g/mol. The minimum absolute atomic E-state index is 0.0126. The Morgan fingerprint density at radius 3 is 2.53 bits per heavy atom. The van der Waals surface area contributed by atoms with Crippen LogP contribution < -0.4 is 11.1 Å². The minimum atomic E-state index is -0.370. The first-order chi connectivity index (χ1) is 15.8. The third kappa shape index (κ3) is 6.54. The van der Waals surface area contributed by atoms with Gasteiger partial charge in [-0.1, -0.05) is 6.92 Å². The molecule has 2 aromatic heterocycles. The topological polar surface area (TPSA) is 93.4 Å². The first kappa shape index (κ1) is 26.1. The molecule has 1 aliphatic heterocycles. The molecule has 3 heterocycles. The van der Waals surface area contributed by atoms with Gasteiger partial charge in [0.2, 0.25) is 0 Å². The van der Waals surface area contributed by atoms with Gasteiger partial charge in [0, 0.05) is 36.2 Å². The van der Waals surface area contributed by atoms with E-state index in [1.165, 1.54) is 6.42 Å². The molecule has 1 atom stereocenters. The van der Waals surface area contributed by atoms with Gasteiger partial charge in [-0.25, -0.2) is 4.98 Å². The van der Waals surface area contributed by atoms with Gasteiger partial charge in [0.25, 0.3) is 5.91 Å². The van der Waals surface area contributed by atoms with E-state index >= 15 is 0 Å². The molecule has 1 unspecified atom stereocenters. The molecule has 7 nitrogen and oxygen atoms in total. The highest BCUT2D eigenvalue weighted by Crippen LogP contribution is 2.41. The summed E-state index contributed by atoms with van der Waals surface area (Å²) in [7, 11) is 0. The van der Waals surface area contributed by atoms with Crippen LogP contribution in [0.5, 0.6) is 0 Å². The zero-order valence-corrected chi connectivity index (χ0v) is 21.8. The number of hydrogen-bond donors (Lipinski definition) is 2. The lowest BCUT2D eigenvalue weighted by Crippen LogP contribution is -2.60. The number of carbonyl (C=O) groups excluding carboxylic acids is 1. The van der Waals surface area contributed by atoms with Gasteiger partial charge >= 0.3 is 0 Å². The van der Waals surface area contributed by atoms with Gasteiger partial charge in [-0.15, -0.1) is 0 Å². The Balaban J connectivity index is 1.65. The Labute approximate surface area is 204 Å². The summed E-state index contributed by atoms with van der Waals surface area (Å²) in [5, 5.41) is 5.16. The third-order valence-electron chi connectivity index (χ3n) is 6.70. The molecule has 0 aliphatic carbocycles. The van der Waals surface area contributed by atoms with Crippen LogP contribution in [0.3, 0.4) is 0 Å². The fourth-order valence-electron chi connectivity index (χ4n) is 5.10. The number of hydrogen-bond acceptors (Lipinski definition) is 6. The van der Waals surface area contributed by atoms with Crippen molar-refractivity contribution in [3.63, 3.8) is 0 Å². The van der Waals surface area contributed by atoms with Gasteiger partial charge in [0.15, 0.2) is 0 Å². The maximum Gasteiger partial charge on any atom is 0.253 e. The second kappa shape index (κ2) is 10.0. The van der Waals surface area contributed by atoms with Crippen LogP contribution in [0.1, 0.15) is 102 Å². The standard InChI is InChI=1S/C27H41N5O2/c1-19(15-27(6,7)34-32-25(2,3)10-8-11-26(32,4)5)21-14-22(18-29-17-21)24(33)31-16-20-9-12-30-23(28)13-20/h9,12-14,17-19H,8,10-11,15-16H2,1-7H3,(H2,28,30)(H,31,33). The summed E-state index contributed by atoms with van der Waals surface area (Å²) in [6.45, 7) is 15.9. The van der Waals surface area contributed by atoms with Crippen LogP contribution in [-0.2, 0) is 11.4 Å². The van der Waals surface area contributed by atoms with Gasteiger partial charge in [-0.05, 0) is 102 Å². The number of aromatic nitrogens is 2. The molecular weight excluding hydrogens is 426 g/mol. The second-order valence-electron chi connectivity index (χ2n) is 11.5. The fraction of sp³-hybridized carbons (Fsp3) is 0.593. The molecule has 1 aliphatic rings. The Morgan fingerprint density at radius 1 is 1.21 bits per heavy atom. The van der Waals surface area contributed by atoms with Crippen LogP contribution in [0.4, 0.5) is 5.82 Å². The Morgan fingerprint density at radius 2 is 1.88 bits per heavy atom. The molecule has 3 rings (SSSR count). The van der Waals surface area contributed by atoms with Crippen molar-refractivity contribution in [2.75, 3.05) is 5.73 Å². The molecule has 0 aromatic carbocycles. The summed E-state index contributed by atoms with van der Waals surface area (Å²) < 4.78 is 0. The lowest BCUT2D eigenvalue weighted by atomic mass is 9.82. The Hall–Kier alpha value is -2.51. The number of anilines is 1. The quantitative estimate of drug-likeness (QED) is 0.552. The monoisotopic (exact) mass is 467 g/mol.